The molecule has 2 atom stereocenters. The summed E-state index contributed by atoms with van der Waals surface area (Å²) in [5, 5.41) is 0. The van der Waals surface area contributed by atoms with Crippen LogP contribution in [-0.2, 0) is 21.2 Å². The van der Waals surface area contributed by atoms with Gasteiger partial charge >= 0.3 is 11.8 Å². The van der Waals surface area contributed by atoms with Crippen molar-refractivity contribution in [3.63, 3.8) is 0 Å². The molecule has 0 bridgehead atoms. The summed E-state index contributed by atoms with van der Waals surface area (Å²) in [6.07, 6.45) is 0.926. The maximum atomic E-state index is 15.7. The third-order valence-corrected chi connectivity index (χ3v) is 9.09. The molecular weight excluding hydrogens is 545 g/mol. The molecule has 13 heteroatoms. The zero-order chi connectivity index (χ0) is 28.1. The van der Waals surface area contributed by atoms with Crippen molar-refractivity contribution in [3.8, 4) is 11.1 Å². The molecule has 212 valence electrons. The number of ether oxygens (including phenoxy) is 1. The molecule has 1 saturated carbocycles. The summed E-state index contributed by atoms with van der Waals surface area (Å²) in [7, 11) is -3.36. The Balaban J connectivity index is 1.46. The van der Waals surface area contributed by atoms with Crippen molar-refractivity contribution < 1.29 is 39.9 Å². The van der Waals surface area contributed by atoms with Crippen molar-refractivity contribution in [1.82, 2.24) is 14.5 Å². The lowest BCUT2D eigenvalue weighted by Gasteiger charge is -2.49. The fraction of sp³-hybridized carbons (Fsp3) is 0.500. The number of urea groups is 1. The lowest BCUT2D eigenvalue weighted by Crippen LogP contribution is -2.64. The van der Waals surface area contributed by atoms with Crippen molar-refractivity contribution >= 4 is 16.1 Å². The summed E-state index contributed by atoms with van der Waals surface area (Å²) in [4.78, 5) is 16.6. The minimum absolute atomic E-state index is 0.00248. The number of nitrogens with zero attached hydrogens (tertiary/aromatic N) is 2. The van der Waals surface area contributed by atoms with Crippen LogP contribution in [0.3, 0.4) is 0 Å². The molecule has 7 nitrogen and oxygen atoms in total. The van der Waals surface area contributed by atoms with E-state index in [2.05, 4.69) is 4.72 Å². The molecule has 39 heavy (non-hydrogen) atoms. The molecule has 3 fully saturated rings. The molecule has 2 heterocycles. The van der Waals surface area contributed by atoms with E-state index in [-0.39, 0.29) is 48.2 Å². The van der Waals surface area contributed by atoms with Gasteiger partial charge in [-0.15, -0.1) is 0 Å². The van der Waals surface area contributed by atoms with Gasteiger partial charge in [-0.2, -0.15) is 8.78 Å². The molecule has 0 radical (unpaired) electrons. The molecular formula is C26H28F5N3O4S. The molecule has 2 saturated heterocycles. The summed E-state index contributed by atoms with van der Waals surface area (Å²) < 4.78 is 101. The van der Waals surface area contributed by atoms with E-state index in [4.69, 9.17) is 4.74 Å². The highest BCUT2D eigenvalue weighted by Gasteiger charge is 2.57. The van der Waals surface area contributed by atoms with Gasteiger partial charge in [-0.1, -0.05) is 18.2 Å². The van der Waals surface area contributed by atoms with Crippen molar-refractivity contribution in [1.29, 1.82) is 0 Å². The monoisotopic (exact) mass is 573 g/mol. The predicted octanol–water partition coefficient (Wildman–Crippen LogP) is 4.13. The molecule has 0 unspecified atom stereocenters. The van der Waals surface area contributed by atoms with Crippen LogP contribution >= 0.6 is 0 Å². The van der Waals surface area contributed by atoms with Crippen molar-refractivity contribution in [2.45, 2.75) is 49.6 Å². The van der Waals surface area contributed by atoms with Gasteiger partial charge in [0.15, 0.2) is 0 Å². The lowest BCUT2D eigenvalue weighted by atomic mass is 9.83. The van der Waals surface area contributed by atoms with E-state index < -0.39 is 50.7 Å². The molecule has 3 aliphatic rings. The highest BCUT2D eigenvalue weighted by atomic mass is 32.2. The van der Waals surface area contributed by atoms with Gasteiger partial charge in [-0.25, -0.2) is 31.1 Å². The molecule has 0 aromatic heterocycles. The topological polar surface area (TPSA) is 79.0 Å². The Bertz CT molecular complexity index is 1350. The normalized spacial score (nSPS) is 22.8. The van der Waals surface area contributed by atoms with Gasteiger partial charge in [0.25, 0.3) is 10.0 Å². The summed E-state index contributed by atoms with van der Waals surface area (Å²) in [5.41, 5.74) is -0.590. The van der Waals surface area contributed by atoms with Gasteiger partial charge in [0.1, 0.15) is 17.5 Å². The Hall–Kier alpha value is -2.77. The number of benzene rings is 2. The van der Waals surface area contributed by atoms with Gasteiger partial charge in [-0.05, 0) is 48.9 Å². The molecule has 2 aromatic carbocycles. The van der Waals surface area contributed by atoms with Gasteiger partial charge in [-0.3, -0.25) is 0 Å². The Morgan fingerprint density at radius 3 is 2.38 bits per heavy atom. The molecule has 1 aliphatic carbocycles. The van der Waals surface area contributed by atoms with Crippen LogP contribution in [0.15, 0.2) is 36.4 Å². The summed E-state index contributed by atoms with van der Waals surface area (Å²) in [6.45, 7) is 0.849. The number of methoxy groups -OCH3 is 1. The minimum Gasteiger partial charge on any atom is -0.378 e. The van der Waals surface area contributed by atoms with E-state index in [0.717, 1.165) is 12.1 Å². The molecule has 1 N–H and O–H groups in total. The SMILES string of the molecule is COC1CN(C(=O)N2CC3(CC3)[C@H](NS(=O)(=O)C(F)F)C[C@@H]2Cc2cccc(-c3cc(F)cc(F)c3)c2F)C1. The number of sulfonamides is 1. The Morgan fingerprint density at radius 1 is 1.13 bits per heavy atom. The largest absolute Gasteiger partial charge is 0.378 e. The number of rotatable bonds is 7. The quantitative estimate of drug-likeness (QED) is 0.506. The second kappa shape index (κ2) is 10.3. The third kappa shape index (κ3) is 5.48. The molecule has 5 rings (SSSR count). The number of hydrogen-bond donors (Lipinski definition) is 1. The van der Waals surface area contributed by atoms with Crippen LogP contribution < -0.4 is 4.72 Å². The van der Waals surface area contributed by atoms with Crippen molar-refractivity contribution in [3.05, 3.63) is 59.4 Å². The minimum atomic E-state index is -4.90. The maximum Gasteiger partial charge on any atom is 0.350 e. The van der Waals surface area contributed by atoms with Gasteiger partial charge in [0.05, 0.1) is 19.2 Å². The number of hydrogen-bond acceptors (Lipinski definition) is 4. The van der Waals surface area contributed by atoms with E-state index in [1.165, 1.54) is 25.3 Å². The fourth-order valence-electron chi connectivity index (χ4n) is 5.58. The number of carbonyl (C=O) groups excluding carboxylic acids is 1. The first-order valence-corrected chi connectivity index (χ1v) is 14.1. The first kappa shape index (κ1) is 27.8. The number of carbonyl (C=O) groups is 1. The van der Waals surface area contributed by atoms with Crippen LogP contribution in [0.25, 0.3) is 11.1 Å². The smallest absolute Gasteiger partial charge is 0.350 e. The van der Waals surface area contributed by atoms with Crippen molar-refractivity contribution in [2.24, 2.45) is 5.41 Å². The van der Waals surface area contributed by atoms with Gasteiger partial charge < -0.3 is 14.5 Å². The van der Waals surface area contributed by atoms with Crippen LogP contribution in [0.1, 0.15) is 24.8 Å². The maximum absolute atomic E-state index is 15.7. The van der Waals surface area contributed by atoms with E-state index in [1.807, 2.05) is 0 Å². The van der Waals surface area contributed by atoms with Crippen LogP contribution in [0.4, 0.5) is 26.7 Å². The number of piperidine rings is 1. The summed E-state index contributed by atoms with van der Waals surface area (Å²) >= 11 is 0. The summed E-state index contributed by atoms with van der Waals surface area (Å²) in [6, 6.07) is 5.13. The van der Waals surface area contributed by atoms with Gasteiger partial charge in [0, 0.05) is 42.8 Å². The van der Waals surface area contributed by atoms with E-state index in [9.17, 15) is 30.8 Å². The van der Waals surface area contributed by atoms with E-state index >= 15 is 4.39 Å². The van der Waals surface area contributed by atoms with Crippen LogP contribution in [0.2, 0.25) is 0 Å². The number of halogens is 5. The number of alkyl halides is 2. The number of likely N-dealkylation sites (tertiary alicyclic amines) is 2. The molecule has 2 aromatic rings. The Morgan fingerprint density at radius 2 is 1.79 bits per heavy atom. The Labute approximate surface area is 223 Å². The number of amides is 2. The first-order valence-electron chi connectivity index (χ1n) is 12.5. The third-order valence-electron chi connectivity index (χ3n) is 8.01. The standard InChI is InChI=1S/C26H28F5N3O4S/c1-38-20-12-33(13-20)25(35)34-14-26(5-6-26)22(32-39(36,37)24(30)31)11-19(34)9-15-3-2-4-21(23(15)29)16-7-17(27)10-18(28)8-16/h2-4,7-8,10,19-20,22,24,32H,5-6,9,11-14H2,1H3/t19-,22+/m0/s1. The van der Waals surface area contributed by atoms with Crippen LogP contribution in [0, 0.1) is 22.9 Å². The zero-order valence-corrected chi connectivity index (χ0v) is 21.9. The number of nitrogens with one attached hydrogen (secondary N) is 1. The summed E-state index contributed by atoms with van der Waals surface area (Å²) in [5.74, 6) is -6.09. The predicted molar refractivity (Wildman–Crippen MR) is 132 cm³/mol. The zero-order valence-electron chi connectivity index (χ0n) is 21.0. The second-order valence-corrected chi connectivity index (χ2v) is 12.2. The van der Waals surface area contributed by atoms with E-state index in [1.54, 1.807) is 9.80 Å². The fourth-order valence-corrected chi connectivity index (χ4v) is 6.43. The average molecular weight is 574 g/mol. The average Bonchev–Trinajstić information content (AvgIpc) is 3.61. The highest BCUT2D eigenvalue weighted by molar-refractivity contribution is 7.89. The van der Waals surface area contributed by atoms with Crippen molar-refractivity contribution in [2.75, 3.05) is 26.7 Å². The molecule has 1 spiro atoms. The molecule has 2 aliphatic heterocycles. The van der Waals surface area contributed by atoms with Gasteiger partial charge in [0.2, 0.25) is 0 Å². The first-order chi connectivity index (χ1) is 18.4. The van der Waals surface area contributed by atoms with Crippen LogP contribution in [-0.4, -0.2) is 74.9 Å². The Kier molecular flexibility index (Phi) is 7.36. The van der Waals surface area contributed by atoms with E-state index in [0.29, 0.717) is 32.0 Å². The molecule has 2 amide bonds. The highest BCUT2D eigenvalue weighted by Crippen LogP contribution is 2.54. The lowest BCUT2D eigenvalue weighted by molar-refractivity contribution is -0.0246. The second-order valence-electron chi connectivity index (χ2n) is 10.5. The van der Waals surface area contributed by atoms with Crippen LogP contribution in [0.5, 0.6) is 0 Å².